The number of rotatable bonds is 6. The van der Waals surface area contributed by atoms with Crippen molar-refractivity contribution in [2.24, 2.45) is 0 Å². The number of urea groups is 1. The summed E-state index contributed by atoms with van der Waals surface area (Å²) in [6, 6.07) is 10.9. The Kier molecular flexibility index (Phi) is 5.74. The molecule has 2 amide bonds. The summed E-state index contributed by atoms with van der Waals surface area (Å²) in [5, 5.41) is 13.3. The standard InChI is InChI=1S/C22H24N8O/c1-4-30-13-18-21(29-30)27-20(12-24-18)25-15(3)16-6-5-7-17(11-16)26-22(31)28-19-10-14(2)8-9-23-19/h5-13,15H,4H2,1-3H3,(H,25,27,29)(H2,23,26,28,31)/t15-/m0/s1. The summed E-state index contributed by atoms with van der Waals surface area (Å²) in [6.45, 7) is 6.75. The second-order valence-electron chi connectivity index (χ2n) is 7.24. The van der Waals surface area contributed by atoms with Gasteiger partial charge < -0.3 is 10.6 Å². The first-order valence-electron chi connectivity index (χ1n) is 10.1. The topological polar surface area (TPSA) is 110 Å². The van der Waals surface area contributed by atoms with Gasteiger partial charge in [0.2, 0.25) is 5.65 Å². The van der Waals surface area contributed by atoms with Gasteiger partial charge in [-0.1, -0.05) is 12.1 Å². The highest BCUT2D eigenvalue weighted by Crippen LogP contribution is 2.22. The van der Waals surface area contributed by atoms with Crippen LogP contribution in [0.4, 0.5) is 22.1 Å². The molecule has 1 aromatic carbocycles. The minimum atomic E-state index is -0.348. The maximum atomic E-state index is 12.3. The summed E-state index contributed by atoms with van der Waals surface area (Å²) >= 11 is 0. The largest absolute Gasteiger partial charge is 0.362 e. The number of pyridine rings is 1. The van der Waals surface area contributed by atoms with Crippen LogP contribution in [0.1, 0.15) is 31.0 Å². The fourth-order valence-electron chi connectivity index (χ4n) is 3.15. The van der Waals surface area contributed by atoms with Crippen molar-refractivity contribution >= 4 is 34.5 Å². The predicted octanol–water partition coefficient (Wildman–Crippen LogP) is 4.37. The molecule has 0 radical (unpaired) electrons. The van der Waals surface area contributed by atoms with Crippen molar-refractivity contribution in [2.45, 2.75) is 33.4 Å². The molecule has 0 saturated carbocycles. The number of aryl methyl sites for hydroxylation is 2. The summed E-state index contributed by atoms with van der Waals surface area (Å²) in [7, 11) is 0. The zero-order chi connectivity index (χ0) is 21.8. The van der Waals surface area contributed by atoms with Gasteiger partial charge in [0.1, 0.15) is 17.2 Å². The third-order valence-corrected chi connectivity index (χ3v) is 4.77. The van der Waals surface area contributed by atoms with Gasteiger partial charge in [-0.05, 0) is 56.2 Å². The van der Waals surface area contributed by atoms with Crippen LogP contribution in [0.3, 0.4) is 0 Å². The molecule has 0 unspecified atom stereocenters. The predicted molar refractivity (Wildman–Crippen MR) is 121 cm³/mol. The molecule has 0 spiro atoms. The van der Waals surface area contributed by atoms with Crippen LogP contribution in [0.5, 0.6) is 0 Å². The fraction of sp³-hybridized carbons (Fsp3) is 0.227. The third-order valence-electron chi connectivity index (χ3n) is 4.77. The minimum Gasteiger partial charge on any atom is -0.362 e. The minimum absolute atomic E-state index is 0.0525. The summed E-state index contributed by atoms with van der Waals surface area (Å²) in [4.78, 5) is 25.4. The van der Waals surface area contributed by atoms with E-state index in [9.17, 15) is 4.79 Å². The molecule has 0 fully saturated rings. The Balaban J connectivity index is 1.42. The summed E-state index contributed by atoms with van der Waals surface area (Å²) < 4.78 is 1.81. The first-order valence-corrected chi connectivity index (χ1v) is 10.1. The number of aromatic nitrogens is 5. The molecule has 9 heteroatoms. The normalized spacial score (nSPS) is 11.8. The van der Waals surface area contributed by atoms with Crippen molar-refractivity contribution in [3.63, 3.8) is 0 Å². The molecule has 3 aromatic heterocycles. The van der Waals surface area contributed by atoms with Gasteiger partial charge >= 0.3 is 6.03 Å². The summed E-state index contributed by atoms with van der Waals surface area (Å²) in [6.07, 6.45) is 5.23. The van der Waals surface area contributed by atoms with Gasteiger partial charge in [-0.2, -0.15) is 5.10 Å². The maximum absolute atomic E-state index is 12.3. The molecule has 0 aliphatic heterocycles. The van der Waals surface area contributed by atoms with E-state index in [0.717, 1.165) is 23.2 Å². The number of anilines is 3. The SMILES string of the molecule is CCn1cc2ncc(N[C@@H](C)c3cccc(NC(=O)Nc4cc(C)ccn4)c3)nc2n1. The van der Waals surface area contributed by atoms with Crippen LogP contribution >= 0.6 is 0 Å². The quantitative estimate of drug-likeness (QED) is 0.431. The Morgan fingerprint density at radius 2 is 2.00 bits per heavy atom. The van der Waals surface area contributed by atoms with Gasteiger partial charge in [-0.3, -0.25) is 10.00 Å². The molecule has 4 aromatic rings. The number of carbonyl (C=O) groups is 1. The highest BCUT2D eigenvalue weighted by molar-refractivity contribution is 5.99. The molecule has 3 heterocycles. The Morgan fingerprint density at radius 3 is 2.81 bits per heavy atom. The van der Waals surface area contributed by atoms with E-state index in [2.05, 4.69) is 36.0 Å². The molecule has 4 rings (SSSR count). The number of hydrogen-bond acceptors (Lipinski definition) is 6. The van der Waals surface area contributed by atoms with Gasteiger partial charge in [0, 0.05) is 18.4 Å². The lowest BCUT2D eigenvalue weighted by atomic mass is 10.1. The number of fused-ring (bicyclic) bond motifs is 1. The van der Waals surface area contributed by atoms with E-state index in [1.165, 1.54) is 0 Å². The molecule has 9 nitrogen and oxygen atoms in total. The third kappa shape index (κ3) is 4.95. The van der Waals surface area contributed by atoms with Gasteiger partial charge in [-0.25, -0.2) is 19.7 Å². The number of nitrogens with one attached hydrogen (secondary N) is 3. The van der Waals surface area contributed by atoms with Crippen molar-refractivity contribution < 1.29 is 4.79 Å². The Bertz CT molecular complexity index is 1220. The molecule has 1 atom stereocenters. The fourth-order valence-corrected chi connectivity index (χ4v) is 3.15. The maximum Gasteiger partial charge on any atom is 0.324 e. The number of benzene rings is 1. The zero-order valence-corrected chi connectivity index (χ0v) is 17.6. The van der Waals surface area contributed by atoms with E-state index in [1.807, 2.05) is 68.0 Å². The van der Waals surface area contributed by atoms with Crippen molar-refractivity contribution in [3.8, 4) is 0 Å². The molecule has 0 aliphatic rings. The van der Waals surface area contributed by atoms with E-state index in [0.29, 0.717) is 23.0 Å². The molecule has 0 saturated heterocycles. The van der Waals surface area contributed by atoms with E-state index >= 15 is 0 Å². The molecular formula is C22H24N8O. The lowest BCUT2D eigenvalue weighted by Gasteiger charge is -2.16. The lowest BCUT2D eigenvalue weighted by Crippen LogP contribution is -2.20. The highest BCUT2D eigenvalue weighted by atomic mass is 16.2. The van der Waals surface area contributed by atoms with Gasteiger partial charge in [0.15, 0.2) is 0 Å². The highest BCUT2D eigenvalue weighted by Gasteiger charge is 2.11. The van der Waals surface area contributed by atoms with Crippen molar-refractivity contribution in [2.75, 3.05) is 16.0 Å². The first kappa shape index (κ1) is 20.3. The van der Waals surface area contributed by atoms with E-state index in [1.54, 1.807) is 12.4 Å². The van der Waals surface area contributed by atoms with Crippen LogP contribution < -0.4 is 16.0 Å². The number of amides is 2. The van der Waals surface area contributed by atoms with Gasteiger partial charge in [0.25, 0.3) is 0 Å². The second-order valence-corrected chi connectivity index (χ2v) is 7.24. The Hall–Kier alpha value is -4.01. The van der Waals surface area contributed by atoms with Crippen molar-refractivity contribution in [1.82, 2.24) is 24.7 Å². The number of carbonyl (C=O) groups excluding carboxylic acids is 1. The van der Waals surface area contributed by atoms with Crippen LogP contribution in [0.25, 0.3) is 11.2 Å². The number of hydrogen-bond donors (Lipinski definition) is 3. The summed E-state index contributed by atoms with van der Waals surface area (Å²) in [5.41, 5.74) is 4.07. The van der Waals surface area contributed by atoms with Crippen LogP contribution in [-0.2, 0) is 6.54 Å². The zero-order valence-electron chi connectivity index (χ0n) is 17.6. The van der Waals surface area contributed by atoms with E-state index in [-0.39, 0.29) is 12.1 Å². The van der Waals surface area contributed by atoms with E-state index < -0.39 is 0 Å². The lowest BCUT2D eigenvalue weighted by molar-refractivity contribution is 0.262. The molecule has 3 N–H and O–H groups in total. The summed E-state index contributed by atoms with van der Waals surface area (Å²) in [5.74, 6) is 1.14. The Morgan fingerprint density at radius 1 is 1.13 bits per heavy atom. The monoisotopic (exact) mass is 416 g/mol. The molecule has 0 bridgehead atoms. The van der Waals surface area contributed by atoms with Crippen molar-refractivity contribution in [1.29, 1.82) is 0 Å². The smallest absolute Gasteiger partial charge is 0.324 e. The molecule has 158 valence electrons. The van der Waals surface area contributed by atoms with E-state index in [4.69, 9.17) is 0 Å². The van der Waals surface area contributed by atoms with Crippen molar-refractivity contribution in [3.05, 3.63) is 66.1 Å². The van der Waals surface area contributed by atoms with Gasteiger partial charge in [0.05, 0.1) is 18.4 Å². The van der Waals surface area contributed by atoms with Crippen LogP contribution in [0.15, 0.2) is 55.0 Å². The Labute approximate surface area is 179 Å². The van der Waals surface area contributed by atoms with Crippen LogP contribution in [0, 0.1) is 6.92 Å². The molecular weight excluding hydrogens is 392 g/mol. The number of nitrogens with zero attached hydrogens (tertiary/aromatic N) is 5. The first-order chi connectivity index (χ1) is 15.0. The molecule has 31 heavy (non-hydrogen) atoms. The van der Waals surface area contributed by atoms with Crippen LogP contribution in [0.2, 0.25) is 0 Å². The average Bonchev–Trinajstić information content (AvgIpc) is 3.16. The molecule has 0 aliphatic carbocycles. The second kappa shape index (κ2) is 8.78. The van der Waals surface area contributed by atoms with Crippen LogP contribution in [-0.4, -0.2) is 30.8 Å². The average molecular weight is 416 g/mol. The van der Waals surface area contributed by atoms with Gasteiger partial charge in [-0.15, -0.1) is 0 Å².